The molecule has 0 saturated heterocycles. The molecule has 5 nitrogen and oxygen atoms in total. The molecule has 0 amide bonds. The summed E-state index contributed by atoms with van der Waals surface area (Å²) in [6.45, 7) is 1.99. The Morgan fingerprint density at radius 2 is 2.18 bits per heavy atom. The number of rotatable bonds is 4. The van der Waals surface area contributed by atoms with Crippen LogP contribution in [0.25, 0.3) is 10.9 Å². The van der Waals surface area contributed by atoms with Crippen molar-refractivity contribution < 1.29 is 10.2 Å². The molecule has 1 aromatic carbocycles. The highest BCUT2D eigenvalue weighted by Gasteiger charge is 2.06. The van der Waals surface area contributed by atoms with Gasteiger partial charge in [-0.3, -0.25) is 0 Å². The molecule has 0 spiro atoms. The predicted molar refractivity (Wildman–Crippen MR) is 65.9 cm³/mol. The van der Waals surface area contributed by atoms with E-state index in [4.69, 9.17) is 5.11 Å². The SMILES string of the molecule is Cc1ccc2ncnc(NC[C@@H](O)CO)c2c1. The van der Waals surface area contributed by atoms with Gasteiger partial charge in [0.1, 0.15) is 12.1 Å². The first-order valence-electron chi connectivity index (χ1n) is 5.45. The molecule has 0 saturated carbocycles. The van der Waals surface area contributed by atoms with Crippen molar-refractivity contribution in [2.24, 2.45) is 0 Å². The van der Waals surface area contributed by atoms with Crippen molar-refractivity contribution in [3.05, 3.63) is 30.1 Å². The first kappa shape index (κ1) is 11.8. The minimum absolute atomic E-state index is 0.260. The van der Waals surface area contributed by atoms with E-state index in [0.29, 0.717) is 5.82 Å². The molecule has 1 heterocycles. The molecule has 0 aliphatic carbocycles. The molecule has 0 bridgehead atoms. The summed E-state index contributed by atoms with van der Waals surface area (Å²) in [6, 6.07) is 5.91. The third kappa shape index (κ3) is 2.69. The highest BCUT2D eigenvalue weighted by molar-refractivity contribution is 5.89. The van der Waals surface area contributed by atoms with Crippen LogP contribution in [0, 0.1) is 6.92 Å². The van der Waals surface area contributed by atoms with E-state index in [1.165, 1.54) is 6.33 Å². The fourth-order valence-electron chi connectivity index (χ4n) is 1.59. The lowest BCUT2D eigenvalue weighted by molar-refractivity contribution is 0.105. The van der Waals surface area contributed by atoms with Gasteiger partial charge in [0.2, 0.25) is 0 Å². The highest BCUT2D eigenvalue weighted by atomic mass is 16.3. The number of anilines is 1. The van der Waals surface area contributed by atoms with Crippen molar-refractivity contribution in [3.63, 3.8) is 0 Å². The number of hydrogen-bond acceptors (Lipinski definition) is 5. The zero-order valence-corrected chi connectivity index (χ0v) is 9.59. The monoisotopic (exact) mass is 233 g/mol. The standard InChI is InChI=1S/C12H15N3O2/c1-8-2-3-11-10(4-8)12(15-7-14-11)13-5-9(17)6-16/h2-4,7,9,16-17H,5-6H2,1H3,(H,13,14,15)/t9-/m1/s1. The van der Waals surface area contributed by atoms with Gasteiger partial charge in [0.05, 0.1) is 18.2 Å². The lowest BCUT2D eigenvalue weighted by atomic mass is 10.1. The Bertz CT molecular complexity index is 516. The van der Waals surface area contributed by atoms with E-state index < -0.39 is 6.10 Å². The average Bonchev–Trinajstić information content (AvgIpc) is 2.35. The smallest absolute Gasteiger partial charge is 0.137 e. The molecule has 90 valence electrons. The van der Waals surface area contributed by atoms with Crippen LogP contribution in [0.5, 0.6) is 0 Å². The molecule has 2 aromatic rings. The van der Waals surface area contributed by atoms with Crippen LogP contribution in [0.1, 0.15) is 5.56 Å². The Kier molecular flexibility index (Phi) is 3.51. The normalized spacial score (nSPS) is 12.6. The van der Waals surface area contributed by atoms with Gasteiger partial charge in [-0.05, 0) is 19.1 Å². The number of fused-ring (bicyclic) bond motifs is 1. The molecule has 0 aliphatic heterocycles. The van der Waals surface area contributed by atoms with Gasteiger partial charge in [-0.2, -0.15) is 0 Å². The third-order valence-corrected chi connectivity index (χ3v) is 2.51. The molecule has 1 aromatic heterocycles. The van der Waals surface area contributed by atoms with E-state index in [-0.39, 0.29) is 13.2 Å². The summed E-state index contributed by atoms with van der Waals surface area (Å²) in [5.41, 5.74) is 1.98. The summed E-state index contributed by atoms with van der Waals surface area (Å²) in [4.78, 5) is 8.31. The van der Waals surface area contributed by atoms with Crippen LogP contribution in [0.3, 0.4) is 0 Å². The molecular weight excluding hydrogens is 218 g/mol. The summed E-state index contributed by atoms with van der Waals surface area (Å²) in [5, 5.41) is 22.0. The Hall–Kier alpha value is -1.72. The van der Waals surface area contributed by atoms with Crippen LogP contribution in [-0.4, -0.2) is 39.4 Å². The number of aliphatic hydroxyl groups excluding tert-OH is 2. The zero-order chi connectivity index (χ0) is 12.3. The minimum Gasteiger partial charge on any atom is -0.394 e. The van der Waals surface area contributed by atoms with E-state index in [1.807, 2.05) is 25.1 Å². The number of hydrogen-bond donors (Lipinski definition) is 3. The second-order valence-corrected chi connectivity index (χ2v) is 3.96. The zero-order valence-electron chi connectivity index (χ0n) is 9.59. The quantitative estimate of drug-likeness (QED) is 0.724. The van der Waals surface area contributed by atoms with Crippen LogP contribution < -0.4 is 5.32 Å². The highest BCUT2D eigenvalue weighted by Crippen LogP contribution is 2.20. The van der Waals surface area contributed by atoms with Gasteiger partial charge in [0.25, 0.3) is 0 Å². The lowest BCUT2D eigenvalue weighted by Crippen LogP contribution is -2.23. The molecule has 0 radical (unpaired) electrons. The van der Waals surface area contributed by atoms with Crippen LogP contribution in [0.4, 0.5) is 5.82 Å². The number of aliphatic hydroxyl groups is 2. The van der Waals surface area contributed by atoms with Crippen molar-refractivity contribution >= 4 is 16.7 Å². The Morgan fingerprint density at radius 1 is 1.35 bits per heavy atom. The van der Waals surface area contributed by atoms with Gasteiger partial charge in [0, 0.05) is 11.9 Å². The Balaban J connectivity index is 2.30. The van der Waals surface area contributed by atoms with E-state index >= 15 is 0 Å². The van der Waals surface area contributed by atoms with Crippen molar-refractivity contribution in [1.29, 1.82) is 0 Å². The average molecular weight is 233 g/mol. The van der Waals surface area contributed by atoms with Crippen LogP contribution in [0.15, 0.2) is 24.5 Å². The van der Waals surface area contributed by atoms with E-state index in [9.17, 15) is 5.11 Å². The third-order valence-electron chi connectivity index (χ3n) is 2.51. The second kappa shape index (κ2) is 5.07. The summed E-state index contributed by atoms with van der Waals surface area (Å²) in [6.07, 6.45) is 0.690. The molecule has 0 fully saturated rings. The molecule has 2 rings (SSSR count). The van der Waals surface area contributed by atoms with E-state index in [1.54, 1.807) is 0 Å². The molecule has 0 unspecified atom stereocenters. The van der Waals surface area contributed by atoms with Gasteiger partial charge in [-0.15, -0.1) is 0 Å². The number of aromatic nitrogens is 2. The minimum atomic E-state index is -0.787. The Morgan fingerprint density at radius 3 is 2.94 bits per heavy atom. The van der Waals surface area contributed by atoms with Gasteiger partial charge in [0.15, 0.2) is 0 Å². The van der Waals surface area contributed by atoms with Crippen LogP contribution in [0.2, 0.25) is 0 Å². The van der Waals surface area contributed by atoms with Gasteiger partial charge >= 0.3 is 0 Å². The number of nitrogens with one attached hydrogen (secondary N) is 1. The molecule has 17 heavy (non-hydrogen) atoms. The first-order valence-corrected chi connectivity index (χ1v) is 5.45. The maximum absolute atomic E-state index is 9.29. The summed E-state index contributed by atoms with van der Waals surface area (Å²) in [5.74, 6) is 0.672. The first-order chi connectivity index (χ1) is 8.20. The fourth-order valence-corrected chi connectivity index (χ4v) is 1.59. The Labute approximate surface area is 99.2 Å². The van der Waals surface area contributed by atoms with Crippen molar-refractivity contribution in [3.8, 4) is 0 Å². The van der Waals surface area contributed by atoms with Crippen LogP contribution in [-0.2, 0) is 0 Å². The van der Waals surface area contributed by atoms with Crippen molar-refractivity contribution in [1.82, 2.24) is 9.97 Å². The van der Waals surface area contributed by atoms with Crippen molar-refractivity contribution in [2.75, 3.05) is 18.5 Å². The van der Waals surface area contributed by atoms with E-state index in [2.05, 4.69) is 15.3 Å². The molecule has 5 heteroatoms. The topological polar surface area (TPSA) is 78.3 Å². The maximum atomic E-state index is 9.29. The molecular formula is C12H15N3O2. The largest absolute Gasteiger partial charge is 0.394 e. The summed E-state index contributed by atoms with van der Waals surface area (Å²) in [7, 11) is 0. The fraction of sp³-hybridized carbons (Fsp3) is 0.333. The predicted octanol–water partition coefficient (Wildman–Crippen LogP) is 0.703. The lowest BCUT2D eigenvalue weighted by Gasteiger charge is -2.11. The number of nitrogens with zero attached hydrogens (tertiary/aromatic N) is 2. The molecule has 1 atom stereocenters. The van der Waals surface area contributed by atoms with Gasteiger partial charge in [-0.25, -0.2) is 9.97 Å². The van der Waals surface area contributed by atoms with E-state index in [0.717, 1.165) is 16.5 Å². The number of aryl methyl sites for hydroxylation is 1. The maximum Gasteiger partial charge on any atom is 0.137 e. The number of benzene rings is 1. The molecule has 0 aliphatic rings. The second-order valence-electron chi connectivity index (χ2n) is 3.96. The summed E-state index contributed by atoms with van der Waals surface area (Å²) >= 11 is 0. The van der Waals surface area contributed by atoms with Gasteiger partial charge in [-0.1, -0.05) is 11.6 Å². The summed E-state index contributed by atoms with van der Waals surface area (Å²) < 4.78 is 0. The van der Waals surface area contributed by atoms with Crippen LogP contribution >= 0.6 is 0 Å². The van der Waals surface area contributed by atoms with Crippen molar-refractivity contribution in [2.45, 2.75) is 13.0 Å². The molecule has 3 N–H and O–H groups in total. The van der Waals surface area contributed by atoms with Gasteiger partial charge < -0.3 is 15.5 Å².